The normalized spacial score (nSPS) is 23.1. The van der Waals surface area contributed by atoms with Crippen molar-refractivity contribution in [2.24, 2.45) is 4.99 Å². The van der Waals surface area contributed by atoms with Crippen LogP contribution in [0.3, 0.4) is 0 Å². The maximum atomic E-state index is 13.4. The van der Waals surface area contributed by atoms with E-state index >= 15 is 0 Å². The number of fused-ring (bicyclic) bond motifs is 1. The number of rotatable bonds is 3. The average Bonchev–Trinajstić information content (AvgIpc) is 3.10. The maximum absolute atomic E-state index is 13.4. The highest BCUT2D eigenvalue weighted by atomic mass is 32.2. The van der Waals surface area contributed by atoms with Crippen LogP contribution in [-0.2, 0) is 16.4 Å². The van der Waals surface area contributed by atoms with Crippen molar-refractivity contribution in [2.75, 3.05) is 16.4 Å². The lowest BCUT2D eigenvalue weighted by atomic mass is 10.1. The van der Waals surface area contributed by atoms with Crippen molar-refractivity contribution in [1.29, 1.82) is 0 Å². The second-order valence-electron chi connectivity index (χ2n) is 7.20. The first-order chi connectivity index (χ1) is 12.8. The highest BCUT2D eigenvalue weighted by Crippen LogP contribution is 2.37. The summed E-state index contributed by atoms with van der Waals surface area (Å²) in [7, 11) is -2.99. The minimum Gasteiger partial charge on any atom is -0.317 e. The highest BCUT2D eigenvalue weighted by Gasteiger charge is 2.44. The first kappa shape index (κ1) is 18.5. The van der Waals surface area contributed by atoms with Gasteiger partial charge in [0.1, 0.15) is 5.82 Å². The van der Waals surface area contributed by atoms with E-state index in [1.165, 1.54) is 40.6 Å². The van der Waals surface area contributed by atoms with E-state index in [2.05, 4.69) is 36.9 Å². The van der Waals surface area contributed by atoms with Crippen LogP contribution >= 0.6 is 11.8 Å². The van der Waals surface area contributed by atoms with E-state index in [1.807, 2.05) is 0 Å². The molecule has 0 aliphatic carbocycles. The minimum absolute atomic E-state index is 0.0217. The second-order valence-corrected chi connectivity index (χ2v) is 10.6. The fourth-order valence-electron chi connectivity index (χ4n) is 3.50. The number of benzene rings is 2. The molecule has 2 aliphatic heterocycles. The van der Waals surface area contributed by atoms with Crippen LogP contribution < -0.4 is 4.90 Å². The van der Waals surface area contributed by atoms with Crippen LogP contribution in [0.1, 0.15) is 16.7 Å². The third kappa shape index (κ3) is 3.89. The molecule has 0 aromatic heterocycles. The van der Waals surface area contributed by atoms with Gasteiger partial charge in [-0.1, -0.05) is 35.5 Å². The van der Waals surface area contributed by atoms with Crippen LogP contribution in [0, 0.1) is 19.7 Å². The molecule has 2 aromatic carbocycles. The Hall–Kier alpha value is -1.86. The van der Waals surface area contributed by atoms with Crippen molar-refractivity contribution >= 4 is 32.5 Å². The summed E-state index contributed by atoms with van der Waals surface area (Å²) in [5, 5.41) is 0.791. The zero-order valence-electron chi connectivity index (χ0n) is 15.2. The lowest BCUT2D eigenvalue weighted by Crippen LogP contribution is -2.28. The van der Waals surface area contributed by atoms with Crippen molar-refractivity contribution in [1.82, 2.24) is 0 Å². The predicted octanol–water partition coefficient (Wildman–Crippen LogP) is 3.72. The van der Waals surface area contributed by atoms with E-state index in [4.69, 9.17) is 4.99 Å². The Morgan fingerprint density at radius 3 is 2.59 bits per heavy atom. The number of amidine groups is 1. The van der Waals surface area contributed by atoms with Gasteiger partial charge in [0.15, 0.2) is 15.0 Å². The van der Waals surface area contributed by atoms with E-state index in [1.54, 1.807) is 12.1 Å². The summed E-state index contributed by atoms with van der Waals surface area (Å²) in [5.41, 5.74) is 4.39. The first-order valence-electron chi connectivity index (χ1n) is 8.85. The Morgan fingerprint density at radius 1 is 1.15 bits per heavy atom. The van der Waals surface area contributed by atoms with Gasteiger partial charge in [0.25, 0.3) is 0 Å². The van der Waals surface area contributed by atoms with Gasteiger partial charge in [0, 0.05) is 10.9 Å². The van der Waals surface area contributed by atoms with Crippen LogP contribution in [0.25, 0.3) is 0 Å². The Labute approximate surface area is 163 Å². The van der Waals surface area contributed by atoms with Crippen molar-refractivity contribution < 1.29 is 12.8 Å². The molecule has 0 saturated carbocycles. The van der Waals surface area contributed by atoms with Gasteiger partial charge in [-0.3, -0.25) is 4.99 Å². The molecule has 0 radical (unpaired) electrons. The zero-order chi connectivity index (χ0) is 19.2. The molecule has 4 nitrogen and oxygen atoms in total. The molecule has 0 N–H and O–H groups in total. The van der Waals surface area contributed by atoms with E-state index in [-0.39, 0.29) is 28.6 Å². The van der Waals surface area contributed by atoms with Crippen molar-refractivity contribution in [2.45, 2.75) is 31.7 Å². The highest BCUT2D eigenvalue weighted by molar-refractivity contribution is 8.15. The number of anilines is 1. The Kier molecular flexibility index (Phi) is 4.76. The maximum Gasteiger partial charge on any atom is 0.164 e. The molecule has 2 atom stereocenters. The number of hydrogen-bond donors (Lipinski definition) is 0. The van der Waals surface area contributed by atoms with Crippen molar-refractivity contribution in [3.8, 4) is 0 Å². The smallest absolute Gasteiger partial charge is 0.164 e. The van der Waals surface area contributed by atoms with E-state index in [0.29, 0.717) is 6.54 Å². The molecule has 7 heteroatoms. The van der Waals surface area contributed by atoms with Gasteiger partial charge in [-0.2, -0.15) is 0 Å². The molecule has 1 fully saturated rings. The van der Waals surface area contributed by atoms with Gasteiger partial charge < -0.3 is 4.90 Å². The lowest BCUT2D eigenvalue weighted by Gasteiger charge is -2.26. The summed E-state index contributed by atoms with van der Waals surface area (Å²) in [6.07, 6.45) is 0. The molecule has 2 aliphatic rings. The molecule has 0 unspecified atom stereocenters. The van der Waals surface area contributed by atoms with Crippen LogP contribution in [0.15, 0.2) is 47.5 Å². The fourth-order valence-corrected chi connectivity index (χ4v) is 7.28. The Morgan fingerprint density at radius 2 is 1.89 bits per heavy atom. The average molecular weight is 405 g/mol. The van der Waals surface area contributed by atoms with Gasteiger partial charge in [-0.15, -0.1) is 0 Å². The third-order valence-electron chi connectivity index (χ3n) is 5.01. The van der Waals surface area contributed by atoms with Crippen LogP contribution in [0.5, 0.6) is 0 Å². The van der Waals surface area contributed by atoms with Crippen LogP contribution in [-0.4, -0.2) is 36.4 Å². The molecular formula is C20H21FN2O2S2. The molecule has 142 valence electrons. The summed E-state index contributed by atoms with van der Waals surface area (Å²) in [5.74, 6) is 0.0136. The summed E-state index contributed by atoms with van der Waals surface area (Å²) in [6.45, 7) is 4.74. The number of nitrogens with zero attached hydrogens (tertiary/aromatic N) is 2. The molecule has 2 heterocycles. The van der Waals surface area contributed by atoms with E-state index < -0.39 is 9.84 Å². The molecule has 27 heavy (non-hydrogen) atoms. The third-order valence-corrected chi connectivity index (χ3v) is 8.25. The quantitative estimate of drug-likeness (QED) is 0.782. The number of aliphatic imine (C=N–C) groups is 1. The second kappa shape index (κ2) is 6.95. The minimum atomic E-state index is -2.99. The summed E-state index contributed by atoms with van der Waals surface area (Å²) in [6, 6.07) is 12.5. The first-order valence-corrected chi connectivity index (χ1v) is 11.5. The van der Waals surface area contributed by atoms with Gasteiger partial charge >= 0.3 is 0 Å². The zero-order valence-corrected chi connectivity index (χ0v) is 16.9. The Bertz CT molecular complexity index is 1000. The monoisotopic (exact) mass is 404 g/mol. The van der Waals surface area contributed by atoms with Gasteiger partial charge in [0.05, 0.1) is 24.1 Å². The topological polar surface area (TPSA) is 49.7 Å². The van der Waals surface area contributed by atoms with Gasteiger partial charge in [0.2, 0.25) is 0 Å². The molecule has 0 bridgehead atoms. The molecule has 2 aromatic rings. The molecule has 0 amide bonds. The number of sulfone groups is 1. The van der Waals surface area contributed by atoms with E-state index in [0.717, 1.165) is 10.9 Å². The summed E-state index contributed by atoms with van der Waals surface area (Å²) < 4.78 is 37.2. The predicted molar refractivity (Wildman–Crippen MR) is 110 cm³/mol. The van der Waals surface area contributed by atoms with Gasteiger partial charge in [-0.05, 0) is 49.2 Å². The largest absolute Gasteiger partial charge is 0.317 e. The Balaban J connectivity index is 1.69. The number of aryl methyl sites for hydroxylation is 2. The molecule has 1 saturated heterocycles. The van der Waals surface area contributed by atoms with Crippen LogP contribution in [0.4, 0.5) is 10.1 Å². The van der Waals surface area contributed by atoms with E-state index in [9.17, 15) is 12.8 Å². The summed E-state index contributed by atoms with van der Waals surface area (Å²) >= 11 is 1.52. The number of halogens is 1. The molecule has 0 spiro atoms. The number of thioether (sulfide) groups is 1. The van der Waals surface area contributed by atoms with Crippen LogP contribution in [0.2, 0.25) is 0 Å². The van der Waals surface area contributed by atoms with Gasteiger partial charge in [-0.25, -0.2) is 12.8 Å². The van der Waals surface area contributed by atoms with Crippen molar-refractivity contribution in [3.05, 3.63) is 65.0 Å². The SMILES string of the molecule is Cc1ccc(C)c(CN(C2=N[C@@H]3CS(=O)(=O)C[C@@H]3S2)c2ccc(F)cc2)c1. The van der Waals surface area contributed by atoms with Crippen molar-refractivity contribution in [3.63, 3.8) is 0 Å². The summed E-state index contributed by atoms with van der Waals surface area (Å²) in [4.78, 5) is 6.79. The molecule has 4 rings (SSSR count). The standard InChI is InChI=1S/C20H21FN2O2S2/c1-13-3-4-14(2)15(9-13)10-23(17-7-5-16(21)6-8-17)20-22-18-11-27(24,25)12-19(18)26-20/h3-9,18-19H,10-12H2,1-2H3/t18-,19+/m1/s1. The number of hydrogen-bond acceptors (Lipinski definition) is 5. The molecular weight excluding hydrogens is 383 g/mol. The lowest BCUT2D eigenvalue weighted by molar-refractivity contribution is 0.601. The fraction of sp³-hybridized carbons (Fsp3) is 0.350.